The number of nitrogens with one attached hydrogen (secondary N) is 1. The number of carbonyl (C=O) groups excluding carboxylic acids is 2. The van der Waals surface area contributed by atoms with Crippen LogP contribution in [-0.2, 0) is 24.9 Å². The van der Waals surface area contributed by atoms with Crippen molar-refractivity contribution in [2.24, 2.45) is 11.7 Å². The molecular weight excluding hydrogens is 585 g/mol. The van der Waals surface area contributed by atoms with Crippen LogP contribution in [0.1, 0.15) is 64.1 Å². The van der Waals surface area contributed by atoms with Gasteiger partial charge in [0.25, 0.3) is 11.8 Å². The second-order valence-corrected chi connectivity index (χ2v) is 12.1. The fourth-order valence-electron chi connectivity index (χ4n) is 5.89. The number of amides is 2. The molecule has 1 aliphatic heterocycles. The summed E-state index contributed by atoms with van der Waals surface area (Å²) in [5, 5.41) is 3.54. The summed E-state index contributed by atoms with van der Waals surface area (Å²) in [5.41, 5.74) is 9.31. The van der Waals surface area contributed by atoms with E-state index < -0.39 is 23.1 Å². The van der Waals surface area contributed by atoms with Crippen molar-refractivity contribution < 1.29 is 18.4 Å². The van der Waals surface area contributed by atoms with Crippen molar-refractivity contribution in [3.05, 3.63) is 116 Å². The maximum atomic E-state index is 13.7. The van der Waals surface area contributed by atoms with E-state index >= 15 is 0 Å². The van der Waals surface area contributed by atoms with Gasteiger partial charge < -0.3 is 15.5 Å². The normalized spacial score (nSPS) is 16.0. The molecule has 2 amide bonds. The molecule has 0 saturated heterocycles. The van der Waals surface area contributed by atoms with E-state index in [1.54, 1.807) is 42.5 Å². The fourth-order valence-corrected chi connectivity index (χ4v) is 6.00. The number of pyridine rings is 2. The molecule has 0 fully saturated rings. The van der Waals surface area contributed by atoms with Gasteiger partial charge in [0, 0.05) is 18.2 Å². The van der Waals surface area contributed by atoms with Crippen molar-refractivity contribution in [1.82, 2.24) is 19.9 Å². The number of carbonyl (C=O) groups is 2. The number of nitrogens with zero attached hydrogens (tertiary/aromatic N) is 3. The SMILES string of the molecule is CC(C)Cc1nc2c(c(-c3ccc4c(c3)oc(=O)n4Cc3ccc(Cl)cn3)c1C(N)=O)C(=O)N[C@@]2(C)Cc1ccc(F)cc1. The summed E-state index contributed by atoms with van der Waals surface area (Å²) in [4.78, 5) is 48.8. The Hall–Kier alpha value is -4.83. The third kappa shape index (κ3) is 5.26. The Labute approximate surface area is 256 Å². The summed E-state index contributed by atoms with van der Waals surface area (Å²) in [5.74, 6) is -1.97. The van der Waals surface area contributed by atoms with Crippen molar-refractivity contribution in [1.29, 1.82) is 0 Å². The Morgan fingerprint density at radius 3 is 2.52 bits per heavy atom. The van der Waals surface area contributed by atoms with Crippen LogP contribution in [0.4, 0.5) is 4.39 Å². The van der Waals surface area contributed by atoms with Crippen LogP contribution in [0.2, 0.25) is 5.02 Å². The molecule has 3 aromatic heterocycles. The van der Waals surface area contributed by atoms with Crippen molar-refractivity contribution in [3.63, 3.8) is 0 Å². The molecular formula is C33H29ClFN5O4. The number of benzene rings is 2. The number of rotatable bonds is 8. The van der Waals surface area contributed by atoms with Gasteiger partial charge in [-0.15, -0.1) is 0 Å². The van der Waals surface area contributed by atoms with Gasteiger partial charge in [0.15, 0.2) is 5.58 Å². The quantitative estimate of drug-likeness (QED) is 0.241. The molecule has 224 valence electrons. The number of aromatic nitrogens is 3. The van der Waals surface area contributed by atoms with Gasteiger partial charge in [-0.2, -0.15) is 0 Å². The summed E-state index contributed by atoms with van der Waals surface area (Å²) in [6.45, 7) is 6.01. The zero-order valence-corrected chi connectivity index (χ0v) is 25.0. The lowest BCUT2D eigenvalue weighted by Crippen LogP contribution is -2.39. The zero-order chi connectivity index (χ0) is 31.3. The predicted molar refractivity (Wildman–Crippen MR) is 164 cm³/mol. The zero-order valence-electron chi connectivity index (χ0n) is 24.3. The minimum atomic E-state index is -0.952. The Kier molecular flexibility index (Phi) is 7.33. The summed E-state index contributed by atoms with van der Waals surface area (Å²) in [7, 11) is 0. The van der Waals surface area contributed by atoms with Gasteiger partial charge in [0.2, 0.25) is 0 Å². The fraction of sp³-hybridized carbons (Fsp3) is 0.242. The van der Waals surface area contributed by atoms with Gasteiger partial charge in [-0.05, 0) is 66.8 Å². The second kappa shape index (κ2) is 11.0. The number of halogens is 2. The standard InChI is InChI=1S/C33H29ClFN5O4/c1-17(2)12-23-27(30(36)41)26(28-29(38-23)33(3,39-31(28)42)14-18-4-8-21(35)9-5-18)19-6-11-24-25(13-19)44-32(43)40(24)16-22-10-7-20(34)15-37-22/h4-11,13,15,17H,12,14,16H2,1-3H3,(H2,36,41)(H,39,42)/t33-/m0/s1. The van der Waals surface area contributed by atoms with E-state index in [4.69, 9.17) is 26.7 Å². The van der Waals surface area contributed by atoms with Crippen LogP contribution in [0.25, 0.3) is 22.2 Å². The minimum Gasteiger partial charge on any atom is -0.408 e. The molecule has 1 aliphatic rings. The van der Waals surface area contributed by atoms with Crippen LogP contribution in [0.3, 0.4) is 0 Å². The van der Waals surface area contributed by atoms with Crippen LogP contribution >= 0.6 is 11.6 Å². The molecule has 11 heteroatoms. The Bertz CT molecular complexity index is 2000. The summed E-state index contributed by atoms with van der Waals surface area (Å²) < 4.78 is 20.7. The van der Waals surface area contributed by atoms with Crippen molar-refractivity contribution in [2.45, 2.75) is 45.7 Å². The van der Waals surface area contributed by atoms with E-state index in [0.717, 1.165) is 5.56 Å². The van der Waals surface area contributed by atoms with E-state index in [-0.39, 0.29) is 35.0 Å². The lowest BCUT2D eigenvalue weighted by Gasteiger charge is -2.26. The van der Waals surface area contributed by atoms with Crippen molar-refractivity contribution in [3.8, 4) is 11.1 Å². The smallest absolute Gasteiger partial charge is 0.408 e. The van der Waals surface area contributed by atoms with E-state index in [1.165, 1.54) is 22.9 Å². The van der Waals surface area contributed by atoms with Crippen LogP contribution in [-0.4, -0.2) is 26.3 Å². The van der Waals surface area contributed by atoms with Crippen molar-refractivity contribution >= 4 is 34.5 Å². The van der Waals surface area contributed by atoms with E-state index in [9.17, 15) is 18.8 Å². The molecule has 0 aliphatic carbocycles. The average Bonchev–Trinajstić information content (AvgIpc) is 3.40. The first-order valence-corrected chi connectivity index (χ1v) is 14.5. The van der Waals surface area contributed by atoms with Gasteiger partial charge >= 0.3 is 5.76 Å². The van der Waals surface area contributed by atoms with Gasteiger partial charge in [-0.3, -0.25) is 24.1 Å². The average molecular weight is 614 g/mol. The lowest BCUT2D eigenvalue weighted by atomic mass is 9.84. The molecule has 0 spiro atoms. The Morgan fingerprint density at radius 1 is 1.11 bits per heavy atom. The molecule has 1 atom stereocenters. The molecule has 0 saturated carbocycles. The number of nitrogens with two attached hydrogens (primary N) is 1. The van der Waals surface area contributed by atoms with Crippen LogP contribution < -0.4 is 16.8 Å². The molecule has 44 heavy (non-hydrogen) atoms. The molecule has 4 heterocycles. The van der Waals surface area contributed by atoms with E-state index in [2.05, 4.69) is 10.3 Å². The molecule has 0 unspecified atom stereocenters. The highest BCUT2D eigenvalue weighted by Gasteiger charge is 2.44. The van der Waals surface area contributed by atoms with Gasteiger partial charge in [0.1, 0.15) is 5.82 Å². The maximum Gasteiger partial charge on any atom is 0.420 e. The Balaban J connectivity index is 1.54. The van der Waals surface area contributed by atoms with E-state index in [0.29, 0.717) is 51.6 Å². The predicted octanol–water partition coefficient (Wildman–Crippen LogP) is 5.39. The molecule has 6 rings (SSSR count). The van der Waals surface area contributed by atoms with Gasteiger partial charge in [-0.25, -0.2) is 9.18 Å². The third-order valence-electron chi connectivity index (χ3n) is 7.80. The maximum absolute atomic E-state index is 13.7. The first kappa shape index (κ1) is 29.3. The van der Waals surface area contributed by atoms with E-state index in [1.807, 2.05) is 20.8 Å². The summed E-state index contributed by atoms with van der Waals surface area (Å²) in [6, 6.07) is 14.5. The summed E-state index contributed by atoms with van der Waals surface area (Å²) in [6.07, 6.45) is 2.27. The second-order valence-electron chi connectivity index (χ2n) is 11.7. The van der Waals surface area contributed by atoms with Gasteiger partial charge in [0.05, 0.1) is 50.8 Å². The van der Waals surface area contributed by atoms with Crippen LogP contribution in [0, 0.1) is 11.7 Å². The largest absolute Gasteiger partial charge is 0.420 e. The lowest BCUT2D eigenvalue weighted by molar-refractivity contribution is 0.0935. The highest BCUT2D eigenvalue weighted by molar-refractivity contribution is 6.30. The first-order valence-electron chi connectivity index (χ1n) is 14.1. The van der Waals surface area contributed by atoms with Gasteiger partial charge in [-0.1, -0.05) is 43.6 Å². The molecule has 5 aromatic rings. The highest BCUT2D eigenvalue weighted by Crippen LogP contribution is 2.42. The monoisotopic (exact) mass is 613 g/mol. The highest BCUT2D eigenvalue weighted by atomic mass is 35.5. The first-order chi connectivity index (χ1) is 20.9. The number of primary amides is 1. The Morgan fingerprint density at radius 2 is 1.86 bits per heavy atom. The minimum absolute atomic E-state index is 0.121. The summed E-state index contributed by atoms with van der Waals surface area (Å²) >= 11 is 5.95. The topological polar surface area (TPSA) is 133 Å². The molecule has 0 bridgehead atoms. The van der Waals surface area contributed by atoms with Crippen molar-refractivity contribution in [2.75, 3.05) is 0 Å². The van der Waals surface area contributed by atoms with Crippen LogP contribution in [0.15, 0.2) is 70.0 Å². The molecule has 0 radical (unpaired) electrons. The third-order valence-corrected chi connectivity index (χ3v) is 8.02. The number of fused-ring (bicyclic) bond motifs is 2. The van der Waals surface area contributed by atoms with Crippen LogP contribution in [0.5, 0.6) is 0 Å². The number of hydrogen-bond acceptors (Lipinski definition) is 6. The molecule has 3 N–H and O–H groups in total. The molecule has 2 aromatic carbocycles. The number of hydrogen-bond donors (Lipinski definition) is 2. The molecule has 9 nitrogen and oxygen atoms in total. The number of oxazole rings is 1.